The van der Waals surface area contributed by atoms with Gasteiger partial charge in [0.25, 0.3) is 0 Å². The van der Waals surface area contributed by atoms with Crippen LogP contribution in [0.15, 0.2) is 42.9 Å². The third-order valence-corrected chi connectivity index (χ3v) is 4.16. The van der Waals surface area contributed by atoms with Crippen LogP contribution in [0.1, 0.15) is 12.5 Å². The van der Waals surface area contributed by atoms with E-state index in [1.54, 1.807) is 18.6 Å². The molecule has 0 atom stereocenters. The first-order valence-corrected chi connectivity index (χ1v) is 7.91. The van der Waals surface area contributed by atoms with Crippen LogP contribution in [0.3, 0.4) is 0 Å². The highest BCUT2D eigenvalue weighted by Crippen LogP contribution is 2.17. The molecule has 116 valence electrons. The van der Waals surface area contributed by atoms with Gasteiger partial charge in [-0.05, 0) is 24.2 Å². The lowest BCUT2D eigenvalue weighted by molar-refractivity contribution is 0.271. The van der Waals surface area contributed by atoms with Gasteiger partial charge in [-0.2, -0.15) is 0 Å². The van der Waals surface area contributed by atoms with E-state index in [1.807, 2.05) is 0 Å². The molecule has 2 heterocycles. The predicted octanol–water partition coefficient (Wildman–Crippen LogP) is 2.23. The number of nitrogens with zero attached hydrogens (tertiary/aromatic N) is 4. The number of aromatic nitrogens is 2. The fourth-order valence-corrected chi connectivity index (χ4v) is 2.73. The smallest absolute Gasteiger partial charge is 0.144 e. The molecule has 1 saturated heterocycles. The molecule has 2 aromatic rings. The second kappa shape index (κ2) is 7.22. The van der Waals surface area contributed by atoms with Gasteiger partial charge in [0, 0.05) is 50.8 Å². The number of anilines is 2. The number of hydrogen-bond donors (Lipinski definition) is 1. The summed E-state index contributed by atoms with van der Waals surface area (Å²) in [7, 11) is 0. The Balaban J connectivity index is 1.54. The molecular formula is C17H23N5. The van der Waals surface area contributed by atoms with Crippen molar-refractivity contribution in [2.24, 2.45) is 0 Å². The molecule has 0 saturated carbocycles. The molecule has 0 aliphatic carbocycles. The highest BCUT2D eigenvalue weighted by Gasteiger charge is 2.15. The van der Waals surface area contributed by atoms with E-state index in [0.717, 1.165) is 45.1 Å². The van der Waals surface area contributed by atoms with Crippen LogP contribution >= 0.6 is 0 Å². The third-order valence-electron chi connectivity index (χ3n) is 4.16. The maximum atomic E-state index is 4.21. The van der Waals surface area contributed by atoms with E-state index in [2.05, 4.69) is 56.3 Å². The van der Waals surface area contributed by atoms with Gasteiger partial charge in [0.2, 0.25) is 0 Å². The van der Waals surface area contributed by atoms with Crippen molar-refractivity contribution in [2.75, 3.05) is 42.9 Å². The van der Waals surface area contributed by atoms with Crippen LogP contribution in [0.4, 0.5) is 11.5 Å². The highest BCUT2D eigenvalue weighted by molar-refractivity contribution is 5.48. The number of benzene rings is 1. The van der Waals surface area contributed by atoms with E-state index in [4.69, 9.17) is 0 Å². The fraction of sp³-hybridized carbons (Fsp3) is 0.412. The molecule has 1 aliphatic rings. The second-order valence-corrected chi connectivity index (χ2v) is 5.53. The molecule has 0 radical (unpaired) electrons. The minimum atomic E-state index is 0.766. The van der Waals surface area contributed by atoms with E-state index in [-0.39, 0.29) is 0 Å². The Morgan fingerprint density at radius 2 is 1.82 bits per heavy atom. The number of nitrogens with one attached hydrogen (secondary N) is 1. The van der Waals surface area contributed by atoms with Crippen LogP contribution in [0, 0.1) is 0 Å². The number of piperazine rings is 1. The van der Waals surface area contributed by atoms with Crippen molar-refractivity contribution in [1.82, 2.24) is 14.9 Å². The van der Waals surface area contributed by atoms with Crippen molar-refractivity contribution in [2.45, 2.75) is 13.5 Å². The van der Waals surface area contributed by atoms with E-state index in [9.17, 15) is 0 Å². The lowest BCUT2D eigenvalue weighted by atomic mass is 10.1. The second-order valence-electron chi connectivity index (χ2n) is 5.53. The monoisotopic (exact) mass is 297 g/mol. The van der Waals surface area contributed by atoms with Crippen molar-refractivity contribution in [3.05, 3.63) is 48.4 Å². The summed E-state index contributed by atoms with van der Waals surface area (Å²) in [6.07, 6.45) is 5.11. The SMILES string of the molecule is CCN1CCN(c2ccc(CNc3cnccn3)cc2)CC1. The Morgan fingerprint density at radius 1 is 1.05 bits per heavy atom. The molecule has 0 spiro atoms. The van der Waals surface area contributed by atoms with Crippen molar-refractivity contribution in [1.29, 1.82) is 0 Å². The maximum Gasteiger partial charge on any atom is 0.144 e. The van der Waals surface area contributed by atoms with Crippen molar-refractivity contribution in [3.63, 3.8) is 0 Å². The van der Waals surface area contributed by atoms with Crippen LogP contribution in [0.25, 0.3) is 0 Å². The summed E-state index contributed by atoms with van der Waals surface area (Å²) in [6, 6.07) is 8.81. The first kappa shape index (κ1) is 14.8. The lowest BCUT2D eigenvalue weighted by Crippen LogP contribution is -2.46. The molecule has 1 N–H and O–H groups in total. The van der Waals surface area contributed by atoms with Crippen LogP contribution in [0.2, 0.25) is 0 Å². The fourth-order valence-electron chi connectivity index (χ4n) is 2.73. The Morgan fingerprint density at radius 3 is 2.45 bits per heavy atom. The van der Waals surface area contributed by atoms with Gasteiger partial charge in [-0.3, -0.25) is 4.98 Å². The van der Waals surface area contributed by atoms with Crippen molar-refractivity contribution < 1.29 is 0 Å². The first-order valence-electron chi connectivity index (χ1n) is 7.91. The summed E-state index contributed by atoms with van der Waals surface area (Å²) < 4.78 is 0. The Hall–Kier alpha value is -2.14. The molecule has 1 fully saturated rings. The minimum absolute atomic E-state index is 0.766. The summed E-state index contributed by atoms with van der Waals surface area (Å²) in [4.78, 5) is 13.2. The molecule has 0 amide bonds. The maximum absolute atomic E-state index is 4.21. The van der Waals surface area contributed by atoms with Crippen molar-refractivity contribution in [3.8, 4) is 0 Å². The third kappa shape index (κ3) is 3.74. The van der Waals surface area contributed by atoms with Gasteiger partial charge in [-0.25, -0.2) is 4.98 Å². The van der Waals surface area contributed by atoms with Gasteiger partial charge in [0.1, 0.15) is 5.82 Å². The van der Waals surface area contributed by atoms with Crippen LogP contribution in [0.5, 0.6) is 0 Å². The zero-order valence-electron chi connectivity index (χ0n) is 13.1. The average Bonchev–Trinajstić information content (AvgIpc) is 2.61. The summed E-state index contributed by atoms with van der Waals surface area (Å²) in [5.41, 5.74) is 2.57. The normalized spacial score (nSPS) is 15.8. The van der Waals surface area contributed by atoms with Crippen molar-refractivity contribution >= 4 is 11.5 Å². The number of hydrogen-bond acceptors (Lipinski definition) is 5. The Labute approximate surface area is 132 Å². The van der Waals surface area contributed by atoms with Crippen LogP contribution < -0.4 is 10.2 Å². The molecule has 0 unspecified atom stereocenters. The topological polar surface area (TPSA) is 44.3 Å². The average molecular weight is 297 g/mol. The van der Waals surface area contributed by atoms with Crippen LogP contribution in [-0.2, 0) is 6.54 Å². The predicted molar refractivity (Wildman–Crippen MR) is 90.1 cm³/mol. The highest BCUT2D eigenvalue weighted by atomic mass is 15.3. The molecule has 5 heteroatoms. The Bertz CT molecular complexity index is 561. The molecule has 1 aromatic carbocycles. The van der Waals surface area contributed by atoms with Gasteiger partial charge >= 0.3 is 0 Å². The van der Waals surface area contributed by atoms with E-state index in [1.165, 1.54) is 11.3 Å². The molecule has 3 rings (SSSR count). The molecule has 0 bridgehead atoms. The van der Waals surface area contributed by atoms with E-state index < -0.39 is 0 Å². The van der Waals surface area contributed by atoms with Gasteiger partial charge < -0.3 is 15.1 Å². The first-order chi connectivity index (χ1) is 10.8. The largest absolute Gasteiger partial charge is 0.369 e. The minimum Gasteiger partial charge on any atom is -0.369 e. The Kier molecular flexibility index (Phi) is 4.85. The number of likely N-dealkylation sites (N-methyl/N-ethyl adjacent to an activating group) is 1. The number of rotatable bonds is 5. The molecule has 1 aromatic heterocycles. The van der Waals surface area contributed by atoms with Crippen LogP contribution in [-0.4, -0.2) is 47.6 Å². The summed E-state index contributed by atoms with van der Waals surface area (Å²) in [5.74, 6) is 0.808. The zero-order chi connectivity index (χ0) is 15.2. The van der Waals surface area contributed by atoms with Gasteiger partial charge in [0.15, 0.2) is 0 Å². The molecule has 5 nitrogen and oxygen atoms in total. The standard InChI is InChI=1S/C17H23N5/c1-2-21-9-11-22(12-10-21)16-5-3-15(4-6-16)13-20-17-14-18-7-8-19-17/h3-8,14H,2,9-13H2,1H3,(H,19,20). The molecule has 1 aliphatic heterocycles. The quantitative estimate of drug-likeness (QED) is 0.917. The summed E-state index contributed by atoms with van der Waals surface area (Å²) in [6.45, 7) is 8.70. The summed E-state index contributed by atoms with van der Waals surface area (Å²) in [5, 5.41) is 3.28. The van der Waals surface area contributed by atoms with E-state index in [0.29, 0.717) is 0 Å². The molecular weight excluding hydrogens is 274 g/mol. The van der Waals surface area contributed by atoms with Gasteiger partial charge in [0.05, 0.1) is 6.20 Å². The lowest BCUT2D eigenvalue weighted by Gasteiger charge is -2.35. The van der Waals surface area contributed by atoms with E-state index >= 15 is 0 Å². The summed E-state index contributed by atoms with van der Waals surface area (Å²) >= 11 is 0. The van der Waals surface area contributed by atoms with Gasteiger partial charge in [-0.15, -0.1) is 0 Å². The van der Waals surface area contributed by atoms with Gasteiger partial charge in [-0.1, -0.05) is 19.1 Å². The zero-order valence-corrected chi connectivity index (χ0v) is 13.1. The molecule has 22 heavy (non-hydrogen) atoms.